The number of esters is 3. The molecule has 0 aliphatic carbocycles. The number of hydrogen-bond donors (Lipinski definition) is 0. The molecule has 42 heavy (non-hydrogen) atoms. The van der Waals surface area contributed by atoms with E-state index in [0.717, 1.165) is 0 Å². The first-order chi connectivity index (χ1) is 20.6. The molecule has 0 unspecified atom stereocenters. The number of benzene rings is 4. The van der Waals surface area contributed by atoms with Crippen molar-refractivity contribution in [3.05, 3.63) is 138 Å². The van der Waals surface area contributed by atoms with Gasteiger partial charge in [-0.3, -0.25) is 0 Å². The largest absolute Gasteiger partial charge is 0.459 e. The number of ether oxygens (including phenoxy) is 4. The van der Waals surface area contributed by atoms with Gasteiger partial charge in [0.05, 0.1) is 16.7 Å². The first-order valence-electron chi connectivity index (χ1n) is 13.3. The molecule has 9 heteroatoms. The lowest BCUT2D eigenvalue weighted by molar-refractivity contribution is -0.0467. The highest BCUT2D eigenvalue weighted by Gasteiger charge is 2.53. The molecule has 0 spiro atoms. The van der Waals surface area contributed by atoms with E-state index in [2.05, 4.69) is 4.98 Å². The molecule has 1 saturated heterocycles. The normalized spacial score (nSPS) is 19.7. The zero-order valence-corrected chi connectivity index (χ0v) is 22.2. The fraction of sp³-hybridized carbons (Fsp3) is 0.152. The van der Waals surface area contributed by atoms with E-state index in [1.54, 1.807) is 109 Å². The smallest absolute Gasteiger partial charge is 0.338 e. The Hall–Kier alpha value is -5.28. The average Bonchev–Trinajstić information content (AvgIpc) is 3.62. The highest BCUT2D eigenvalue weighted by molar-refractivity contribution is 5.91. The van der Waals surface area contributed by atoms with Crippen LogP contribution in [0.3, 0.4) is 0 Å². The molecule has 6 rings (SSSR count). The molecule has 0 N–H and O–H groups in total. The van der Waals surface area contributed by atoms with Crippen LogP contribution in [0.1, 0.15) is 43.1 Å². The molecule has 0 saturated carbocycles. The summed E-state index contributed by atoms with van der Waals surface area (Å²) in [5, 5.41) is 0. The number of hydrogen-bond acceptors (Lipinski definition) is 9. The fourth-order valence-electron chi connectivity index (χ4n) is 4.69. The molecular weight excluding hydrogens is 538 g/mol. The van der Waals surface area contributed by atoms with Crippen LogP contribution in [0.2, 0.25) is 0 Å². The van der Waals surface area contributed by atoms with E-state index in [-0.39, 0.29) is 18.1 Å². The summed E-state index contributed by atoms with van der Waals surface area (Å²) in [5.74, 6) is -1.79. The number of fused-ring (bicyclic) bond motifs is 1. The Morgan fingerprint density at radius 1 is 0.619 bits per heavy atom. The van der Waals surface area contributed by atoms with Crippen LogP contribution < -0.4 is 0 Å². The minimum Gasteiger partial charge on any atom is -0.459 e. The van der Waals surface area contributed by atoms with Crippen molar-refractivity contribution in [2.45, 2.75) is 24.4 Å². The van der Waals surface area contributed by atoms with Gasteiger partial charge in [0, 0.05) is 0 Å². The van der Waals surface area contributed by atoms with Crippen LogP contribution in [0, 0.1) is 0 Å². The summed E-state index contributed by atoms with van der Waals surface area (Å²) in [5.41, 5.74) is 2.00. The third-order valence-corrected chi connectivity index (χ3v) is 6.76. The number of carbonyl (C=O) groups excluding carboxylic acids is 3. The Bertz CT molecular complexity index is 1650. The molecule has 0 amide bonds. The molecule has 1 fully saturated rings. The lowest BCUT2D eigenvalue weighted by Gasteiger charge is -2.24. The van der Waals surface area contributed by atoms with Gasteiger partial charge in [0.2, 0.25) is 5.89 Å². The van der Waals surface area contributed by atoms with Crippen molar-refractivity contribution < 1.29 is 37.7 Å². The van der Waals surface area contributed by atoms with E-state index in [1.165, 1.54) is 0 Å². The number of nitrogens with zero attached hydrogens (tertiary/aromatic N) is 1. The maximum Gasteiger partial charge on any atom is 0.338 e. The Kier molecular flexibility index (Phi) is 7.74. The van der Waals surface area contributed by atoms with E-state index < -0.39 is 42.3 Å². The van der Waals surface area contributed by atoms with Crippen LogP contribution >= 0.6 is 0 Å². The third kappa shape index (κ3) is 5.77. The van der Waals surface area contributed by atoms with Crippen LogP contribution in [-0.4, -0.2) is 47.8 Å². The zero-order chi connectivity index (χ0) is 28.9. The molecule has 1 aliphatic heterocycles. The molecule has 4 atom stereocenters. The minimum atomic E-state index is -1.18. The quantitative estimate of drug-likeness (QED) is 0.176. The number of para-hydroxylation sites is 2. The molecule has 0 bridgehead atoms. The minimum absolute atomic E-state index is 0.125. The van der Waals surface area contributed by atoms with Crippen molar-refractivity contribution >= 4 is 29.0 Å². The highest BCUT2D eigenvalue weighted by atomic mass is 16.7. The van der Waals surface area contributed by atoms with E-state index in [0.29, 0.717) is 22.2 Å². The number of oxazole rings is 1. The number of rotatable bonds is 8. The predicted molar refractivity (Wildman–Crippen MR) is 150 cm³/mol. The zero-order valence-electron chi connectivity index (χ0n) is 22.2. The van der Waals surface area contributed by atoms with Crippen molar-refractivity contribution in [3.8, 4) is 0 Å². The van der Waals surface area contributed by atoms with Gasteiger partial charge in [-0.25, -0.2) is 19.4 Å². The van der Waals surface area contributed by atoms with Crippen molar-refractivity contribution in [3.63, 3.8) is 0 Å². The first kappa shape index (κ1) is 26.9. The average molecular weight is 564 g/mol. The molecule has 0 radical (unpaired) electrons. The highest BCUT2D eigenvalue weighted by Crippen LogP contribution is 2.39. The Morgan fingerprint density at radius 2 is 1.12 bits per heavy atom. The van der Waals surface area contributed by atoms with Crippen molar-refractivity contribution in [2.75, 3.05) is 6.61 Å². The van der Waals surface area contributed by atoms with Gasteiger partial charge in [0.15, 0.2) is 23.9 Å². The van der Waals surface area contributed by atoms with Crippen molar-refractivity contribution in [2.24, 2.45) is 0 Å². The molecule has 5 aromatic rings. The molecule has 1 aromatic heterocycles. The standard InChI is InChI=1S/C33H25NO8/c35-31(21-12-4-1-5-13-21)38-20-26-27(41-32(36)22-14-6-2-7-15-22)28(42-33(37)23-16-8-3-9-17-23)29(39-26)30-34-24-18-10-11-19-25(24)40-30/h1-19,26-29H,20H2/t26-,27-,28-,29-/m1/s1. The maximum absolute atomic E-state index is 13.3. The van der Waals surface area contributed by atoms with Crippen molar-refractivity contribution in [1.82, 2.24) is 4.98 Å². The second-order valence-corrected chi connectivity index (χ2v) is 9.55. The molecule has 210 valence electrons. The molecular formula is C33H25NO8. The summed E-state index contributed by atoms with van der Waals surface area (Å²) in [4.78, 5) is 43.8. The lowest BCUT2D eigenvalue weighted by Crippen LogP contribution is -2.40. The van der Waals surface area contributed by atoms with Gasteiger partial charge >= 0.3 is 17.9 Å². The summed E-state index contributed by atoms with van der Waals surface area (Å²) in [7, 11) is 0. The second kappa shape index (κ2) is 12.1. The van der Waals surface area contributed by atoms with Crippen LogP contribution in [0.15, 0.2) is 120 Å². The van der Waals surface area contributed by atoms with Gasteiger partial charge in [-0.2, -0.15) is 0 Å². The van der Waals surface area contributed by atoms with Crippen LogP contribution in [0.5, 0.6) is 0 Å². The molecule has 2 heterocycles. The maximum atomic E-state index is 13.3. The number of carbonyl (C=O) groups is 3. The van der Waals surface area contributed by atoms with Gasteiger partial charge < -0.3 is 23.4 Å². The van der Waals surface area contributed by atoms with Gasteiger partial charge in [0.25, 0.3) is 0 Å². The summed E-state index contributed by atoms with van der Waals surface area (Å²) < 4.78 is 29.7. The van der Waals surface area contributed by atoms with E-state index in [4.69, 9.17) is 23.4 Å². The second-order valence-electron chi connectivity index (χ2n) is 9.55. The summed E-state index contributed by atoms with van der Waals surface area (Å²) in [6, 6.07) is 32.4. The fourth-order valence-corrected chi connectivity index (χ4v) is 4.69. The molecule has 1 aliphatic rings. The monoisotopic (exact) mass is 563 g/mol. The van der Waals surface area contributed by atoms with Gasteiger partial charge in [-0.15, -0.1) is 0 Å². The van der Waals surface area contributed by atoms with Crippen LogP contribution in [-0.2, 0) is 18.9 Å². The Morgan fingerprint density at radius 3 is 1.69 bits per heavy atom. The molecule has 4 aromatic carbocycles. The van der Waals surface area contributed by atoms with E-state index in [1.807, 2.05) is 6.07 Å². The SMILES string of the molecule is O=C(OC[C@H]1O[C@@H](c2nc3ccccc3o2)[C@H](OC(=O)c2ccccc2)[C@@H]1OC(=O)c1ccccc1)c1ccccc1. The first-order valence-corrected chi connectivity index (χ1v) is 13.3. The Balaban J connectivity index is 1.34. The number of aromatic nitrogens is 1. The third-order valence-electron chi connectivity index (χ3n) is 6.76. The Labute approximate surface area is 240 Å². The predicted octanol–water partition coefficient (Wildman–Crippen LogP) is 5.58. The summed E-state index contributed by atoms with van der Waals surface area (Å²) in [6.07, 6.45) is -4.44. The molecule has 9 nitrogen and oxygen atoms in total. The summed E-state index contributed by atoms with van der Waals surface area (Å²) >= 11 is 0. The van der Waals surface area contributed by atoms with Crippen LogP contribution in [0.4, 0.5) is 0 Å². The van der Waals surface area contributed by atoms with E-state index >= 15 is 0 Å². The lowest BCUT2D eigenvalue weighted by atomic mass is 10.1. The van der Waals surface area contributed by atoms with Gasteiger partial charge in [0.1, 0.15) is 18.2 Å². The van der Waals surface area contributed by atoms with Crippen molar-refractivity contribution in [1.29, 1.82) is 0 Å². The summed E-state index contributed by atoms with van der Waals surface area (Å²) in [6.45, 7) is -0.295. The topological polar surface area (TPSA) is 114 Å². The van der Waals surface area contributed by atoms with Gasteiger partial charge in [-0.05, 0) is 48.5 Å². The van der Waals surface area contributed by atoms with E-state index in [9.17, 15) is 14.4 Å². The van der Waals surface area contributed by atoms with Crippen LogP contribution in [0.25, 0.3) is 11.1 Å². The van der Waals surface area contributed by atoms with Gasteiger partial charge in [-0.1, -0.05) is 66.7 Å².